The lowest BCUT2D eigenvalue weighted by Crippen LogP contribution is -2.12. The number of carbonyl (C=O) groups excluding carboxylic acids is 1. The van der Waals surface area contributed by atoms with Gasteiger partial charge in [0.15, 0.2) is 10.1 Å². The molecule has 0 atom stereocenters. The number of hydrogen-bond acceptors (Lipinski definition) is 6. The van der Waals surface area contributed by atoms with Crippen LogP contribution in [0.5, 0.6) is 5.75 Å². The summed E-state index contributed by atoms with van der Waals surface area (Å²) < 4.78 is 6.30. The molecule has 0 unspecified atom stereocenters. The Morgan fingerprint density at radius 1 is 1.21 bits per heavy atom. The molecule has 2 aromatic carbocycles. The highest BCUT2D eigenvalue weighted by molar-refractivity contribution is 8.00. The molecule has 0 saturated carbocycles. The van der Waals surface area contributed by atoms with Crippen molar-refractivity contribution in [1.82, 2.24) is 10.2 Å². The molecule has 1 amide bonds. The predicted molar refractivity (Wildman–Crippen MR) is 121 cm³/mol. The molecule has 0 aliphatic rings. The maximum Gasteiger partial charge on any atom is 0.257 e. The third-order valence-corrected chi connectivity index (χ3v) is 6.39. The average molecular weight is 468 g/mol. The minimum Gasteiger partial charge on any atom is -0.490 e. The van der Waals surface area contributed by atoms with Crippen molar-refractivity contribution in [3.63, 3.8) is 0 Å². The second-order valence-electron chi connectivity index (χ2n) is 6.22. The molecule has 0 saturated heterocycles. The summed E-state index contributed by atoms with van der Waals surface area (Å²) in [5.74, 6) is 0.814. The van der Waals surface area contributed by atoms with Crippen LogP contribution >= 0.6 is 46.3 Å². The van der Waals surface area contributed by atoms with E-state index in [0.717, 1.165) is 16.5 Å². The highest BCUT2D eigenvalue weighted by Gasteiger charge is 2.16. The Morgan fingerprint density at radius 3 is 2.66 bits per heavy atom. The average Bonchev–Trinajstić information content (AvgIpc) is 3.13. The van der Waals surface area contributed by atoms with Gasteiger partial charge in [0.25, 0.3) is 5.91 Å². The monoisotopic (exact) mass is 467 g/mol. The van der Waals surface area contributed by atoms with Crippen molar-refractivity contribution in [3.05, 3.63) is 63.1 Å². The molecule has 0 aliphatic carbocycles. The summed E-state index contributed by atoms with van der Waals surface area (Å²) >= 11 is 15.3. The van der Waals surface area contributed by atoms with Crippen LogP contribution in [0.25, 0.3) is 0 Å². The number of carbonyl (C=O) groups is 1. The first-order valence-electron chi connectivity index (χ1n) is 8.91. The summed E-state index contributed by atoms with van der Waals surface area (Å²) in [5.41, 5.74) is 2.76. The number of halogens is 2. The molecule has 9 heteroatoms. The Morgan fingerprint density at radius 2 is 1.97 bits per heavy atom. The van der Waals surface area contributed by atoms with Gasteiger partial charge in [-0.1, -0.05) is 83.1 Å². The van der Waals surface area contributed by atoms with E-state index < -0.39 is 0 Å². The molecule has 0 radical (unpaired) electrons. The molecule has 1 heterocycles. The number of benzene rings is 2. The predicted octanol–water partition coefficient (Wildman–Crippen LogP) is 6.49. The van der Waals surface area contributed by atoms with Crippen molar-refractivity contribution in [2.75, 3.05) is 11.9 Å². The van der Waals surface area contributed by atoms with Crippen LogP contribution in [0.4, 0.5) is 5.13 Å². The number of thioether (sulfide) groups is 1. The van der Waals surface area contributed by atoms with Crippen molar-refractivity contribution in [3.8, 4) is 5.75 Å². The van der Waals surface area contributed by atoms with Crippen molar-refractivity contribution in [2.24, 2.45) is 0 Å². The maximum atomic E-state index is 12.5. The smallest absolute Gasteiger partial charge is 0.257 e. The van der Waals surface area contributed by atoms with Crippen LogP contribution in [0.2, 0.25) is 10.0 Å². The molecular formula is C20H19Cl2N3O2S2. The molecule has 3 aromatic rings. The van der Waals surface area contributed by atoms with Crippen molar-refractivity contribution < 1.29 is 9.53 Å². The van der Waals surface area contributed by atoms with Gasteiger partial charge >= 0.3 is 0 Å². The van der Waals surface area contributed by atoms with Gasteiger partial charge in [0.1, 0.15) is 0 Å². The van der Waals surface area contributed by atoms with Crippen LogP contribution in [0.3, 0.4) is 0 Å². The van der Waals surface area contributed by atoms with Crippen LogP contribution in [-0.2, 0) is 5.75 Å². The van der Waals surface area contributed by atoms with Gasteiger partial charge in [0.05, 0.1) is 16.7 Å². The Hall–Kier alpha value is -1.80. The zero-order valence-electron chi connectivity index (χ0n) is 15.9. The zero-order valence-corrected chi connectivity index (χ0v) is 19.0. The van der Waals surface area contributed by atoms with Gasteiger partial charge in [-0.2, -0.15) is 0 Å². The lowest BCUT2D eigenvalue weighted by Gasteiger charge is -2.10. The largest absolute Gasteiger partial charge is 0.490 e. The lowest BCUT2D eigenvalue weighted by molar-refractivity contribution is 0.102. The number of amides is 1. The first kappa shape index (κ1) is 21.9. The molecule has 5 nitrogen and oxygen atoms in total. The SMILES string of the molecule is CCCOc1c(Cl)cc(C(=O)Nc2nnc(SCc3cccc(C)c3)s2)cc1Cl. The van der Waals surface area contributed by atoms with E-state index in [-0.39, 0.29) is 5.91 Å². The minimum absolute atomic E-state index is 0.294. The number of nitrogens with zero attached hydrogens (tertiary/aromatic N) is 2. The van der Waals surface area contributed by atoms with E-state index in [0.29, 0.717) is 33.1 Å². The van der Waals surface area contributed by atoms with E-state index in [2.05, 4.69) is 40.6 Å². The Kier molecular flexibility index (Phi) is 7.77. The molecule has 3 rings (SSSR count). The summed E-state index contributed by atoms with van der Waals surface area (Å²) in [5, 5.41) is 11.9. The van der Waals surface area contributed by atoms with Gasteiger partial charge in [0.2, 0.25) is 5.13 Å². The highest BCUT2D eigenvalue weighted by atomic mass is 35.5. The summed E-state index contributed by atoms with van der Waals surface area (Å²) in [6.45, 7) is 4.55. The van der Waals surface area contributed by atoms with Crippen molar-refractivity contribution in [2.45, 2.75) is 30.4 Å². The number of aryl methyl sites for hydroxylation is 1. The second kappa shape index (κ2) is 10.3. The Bertz CT molecular complexity index is 988. The summed E-state index contributed by atoms with van der Waals surface area (Å²) in [6.07, 6.45) is 0.830. The van der Waals surface area contributed by atoms with Gasteiger partial charge in [-0.15, -0.1) is 10.2 Å². The van der Waals surface area contributed by atoms with E-state index in [9.17, 15) is 4.79 Å². The number of nitrogens with one attached hydrogen (secondary N) is 1. The third-order valence-electron chi connectivity index (χ3n) is 3.78. The molecule has 0 bridgehead atoms. The van der Waals surface area contributed by atoms with Crippen LogP contribution in [0.15, 0.2) is 40.7 Å². The normalized spacial score (nSPS) is 10.8. The summed E-state index contributed by atoms with van der Waals surface area (Å²) in [6, 6.07) is 11.4. The van der Waals surface area contributed by atoms with Gasteiger partial charge < -0.3 is 4.74 Å². The standard InChI is InChI=1S/C20H19Cl2N3O2S2/c1-3-7-27-17-15(21)9-14(10-16(17)22)18(26)23-19-24-25-20(29-19)28-11-13-6-4-5-12(2)8-13/h4-6,8-10H,3,7,11H2,1-2H3,(H,23,24,26). The van der Waals surface area contributed by atoms with E-state index in [1.165, 1.54) is 34.6 Å². The molecule has 0 fully saturated rings. The van der Waals surface area contributed by atoms with E-state index in [1.807, 2.05) is 13.0 Å². The van der Waals surface area contributed by atoms with E-state index in [1.54, 1.807) is 11.8 Å². The first-order chi connectivity index (χ1) is 14.0. The first-order valence-corrected chi connectivity index (χ1v) is 11.5. The lowest BCUT2D eigenvalue weighted by atomic mass is 10.2. The van der Waals surface area contributed by atoms with Gasteiger partial charge in [-0.25, -0.2) is 0 Å². The molecule has 1 aromatic heterocycles. The van der Waals surface area contributed by atoms with Crippen LogP contribution < -0.4 is 10.1 Å². The molecule has 152 valence electrons. The number of aromatic nitrogens is 2. The van der Waals surface area contributed by atoms with Crippen LogP contribution in [0.1, 0.15) is 34.8 Å². The second-order valence-corrected chi connectivity index (χ2v) is 9.24. The van der Waals surface area contributed by atoms with Crippen molar-refractivity contribution >= 4 is 57.3 Å². The number of rotatable bonds is 8. The quantitative estimate of drug-likeness (QED) is 0.303. The number of ether oxygens (including phenoxy) is 1. The Labute approximate surface area is 187 Å². The van der Waals surface area contributed by atoms with Crippen LogP contribution in [0, 0.1) is 6.92 Å². The molecule has 29 heavy (non-hydrogen) atoms. The Balaban J connectivity index is 1.62. The molecule has 0 spiro atoms. The highest BCUT2D eigenvalue weighted by Crippen LogP contribution is 2.35. The fourth-order valence-corrected chi connectivity index (χ4v) is 4.75. The van der Waals surface area contributed by atoms with Gasteiger partial charge in [0, 0.05) is 11.3 Å². The van der Waals surface area contributed by atoms with Gasteiger partial charge in [-0.3, -0.25) is 10.1 Å². The molecule has 0 aliphatic heterocycles. The molecular weight excluding hydrogens is 449 g/mol. The molecule has 1 N–H and O–H groups in total. The number of anilines is 1. The third kappa shape index (κ3) is 6.09. The van der Waals surface area contributed by atoms with Crippen LogP contribution in [-0.4, -0.2) is 22.7 Å². The topological polar surface area (TPSA) is 64.1 Å². The summed E-state index contributed by atoms with van der Waals surface area (Å²) in [4.78, 5) is 12.5. The van der Waals surface area contributed by atoms with Gasteiger partial charge in [-0.05, 0) is 31.0 Å². The number of hydrogen-bond donors (Lipinski definition) is 1. The fraction of sp³-hybridized carbons (Fsp3) is 0.250. The van der Waals surface area contributed by atoms with E-state index in [4.69, 9.17) is 27.9 Å². The van der Waals surface area contributed by atoms with Crippen molar-refractivity contribution in [1.29, 1.82) is 0 Å². The van der Waals surface area contributed by atoms with E-state index >= 15 is 0 Å². The fourth-order valence-electron chi connectivity index (χ4n) is 2.47. The minimum atomic E-state index is -0.359. The zero-order chi connectivity index (χ0) is 20.8. The maximum absolute atomic E-state index is 12.5. The summed E-state index contributed by atoms with van der Waals surface area (Å²) in [7, 11) is 0.